The number of allylic oxidation sites excluding steroid dienone is 4. The Morgan fingerprint density at radius 1 is 0.900 bits per heavy atom. The van der Waals surface area contributed by atoms with Gasteiger partial charge in [0.1, 0.15) is 12.4 Å². The number of ketones is 2. The third-order valence-corrected chi connectivity index (χ3v) is 8.81. The molecule has 7 heteroatoms. The van der Waals surface area contributed by atoms with E-state index in [4.69, 9.17) is 4.74 Å². The van der Waals surface area contributed by atoms with Gasteiger partial charge in [0.05, 0.1) is 10.9 Å². The third-order valence-electron chi connectivity index (χ3n) is 8.19. The molecule has 0 spiro atoms. The van der Waals surface area contributed by atoms with Gasteiger partial charge < -0.3 is 14.7 Å². The van der Waals surface area contributed by atoms with Gasteiger partial charge in [0.25, 0.3) is 0 Å². The molecule has 6 rings (SSSR count). The molecule has 0 fully saturated rings. The molecular weight excluding hydrogens is 570 g/mol. The zero-order valence-electron chi connectivity index (χ0n) is 22.1. The van der Waals surface area contributed by atoms with Gasteiger partial charge in [-0.2, -0.15) is 0 Å². The molecule has 0 amide bonds. The van der Waals surface area contributed by atoms with Gasteiger partial charge in [-0.1, -0.05) is 48.5 Å². The number of Topliss-reactive ketones (excluding diaryl/α,β-unsaturated/α-hetero) is 2. The fourth-order valence-electron chi connectivity index (χ4n) is 6.41. The van der Waals surface area contributed by atoms with E-state index in [1.165, 1.54) is 0 Å². The smallest absolute Gasteiger partial charge is 0.305 e. The van der Waals surface area contributed by atoms with Crippen molar-refractivity contribution >= 4 is 44.2 Å². The van der Waals surface area contributed by atoms with Crippen molar-refractivity contribution in [2.45, 2.75) is 57.5 Å². The summed E-state index contributed by atoms with van der Waals surface area (Å²) >= 11 is 3.69. The highest BCUT2D eigenvalue weighted by molar-refractivity contribution is 9.10. The molecule has 1 N–H and O–H groups in total. The number of hydrogen-bond acceptors (Lipinski definition) is 5. The molecule has 204 valence electrons. The Hall–Kier alpha value is -3.71. The van der Waals surface area contributed by atoms with Crippen LogP contribution in [0.25, 0.3) is 10.8 Å². The number of carbonyl (C=O) groups excluding carboxylic acids is 2. The lowest BCUT2D eigenvalue weighted by molar-refractivity contribution is -0.137. The number of carbonyl (C=O) groups is 3. The first-order chi connectivity index (χ1) is 19.4. The Morgan fingerprint density at radius 2 is 1.57 bits per heavy atom. The maximum absolute atomic E-state index is 13.4. The van der Waals surface area contributed by atoms with Gasteiger partial charge in [0, 0.05) is 47.8 Å². The van der Waals surface area contributed by atoms with Gasteiger partial charge in [0.15, 0.2) is 11.6 Å². The number of ether oxygens (including phenoxy) is 1. The molecule has 0 atom stereocenters. The fraction of sp³-hybridized carbons (Fsp3) is 0.303. The molecule has 0 aromatic heterocycles. The van der Waals surface area contributed by atoms with Crippen molar-refractivity contribution < 1.29 is 24.2 Å². The monoisotopic (exact) mass is 599 g/mol. The van der Waals surface area contributed by atoms with Crippen molar-refractivity contribution in [2.24, 2.45) is 0 Å². The summed E-state index contributed by atoms with van der Waals surface area (Å²) in [6, 6.07) is 20.2. The van der Waals surface area contributed by atoms with Gasteiger partial charge in [-0.05, 0) is 75.6 Å². The number of fused-ring (bicyclic) bond motifs is 1. The van der Waals surface area contributed by atoms with Crippen molar-refractivity contribution in [1.29, 1.82) is 0 Å². The highest BCUT2D eigenvalue weighted by atomic mass is 79.9. The molecule has 3 aromatic rings. The number of hydrogen-bond donors (Lipinski definition) is 1. The summed E-state index contributed by atoms with van der Waals surface area (Å²) < 4.78 is 6.99. The quantitative estimate of drug-likeness (QED) is 0.313. The molecule has 3 aromatic carbocycles. The minimum atomic E-state index is -0.890. The van der Waals surface area contributed by atoms with E-state index in [2.05, 4.69) is 40.2 Å². The lowest BCUT2D eigenvalue weighted by Crippen LogP contribution is -2.39. The number of halogens is 1. The van der Waals surface area contributed by atoms with Crippen LogP contribution in [-0.2, 0) is 21.0 Å². The molecule has 3 aliphatic rings. The zero-order valence-corrected chi connectivity index (χ0v) is 23.7. The SMILES string of the molecule is O=C(O)CCN1C2=C(C(=O)CCC2)C(c2ccc(OCc3cccc4ccccc34)c(Br)c2)C2=C1CCCC2=O. The minimum Gasteiger partial charge on any atom is -0.488 e. The van der Waals surface area contributed by atoms with E-state index in [1.807, 2.05) is 41.3 Å². The number of aliphatic carboxylic acids is 1. The lowest BCUT2D eigenvalue weighted by Gasteiger charge is -2.44. The van der Waals surface area contributed by atoms with Gasteiger partial charge in [0.2, 0.25) is 0 Å². The summed E-state index contributed by atoms with van der Waals surface area (Å²) in [7, 11) is 0. The molecule has 0 radical (unpaired) electrons. The summed E-state index contributed by atoms with van der Waals surface area (Å²) in [5.74, 6) is -0.564. The van der Waals surface area contributed by atoms with Gasteiger partial charge >= 0.3 is 5.97 Å². The molecule has 6 nitrogen and oxygen atoms in total. The first-order valence-corrected chi connectivity index (χ1v) is 14.6. The largest absolute Gasteiger partial charge is 0.488 e. The Balaban J connectivity index is 1.36. The number of carboxylic acid groups (broad SMARTS) is 1. The first kappa shape index (κ1) is 26.5. The summed E-state index contributed by atoms with van der Waals surface area (Å²) in [6.07, 6.45) is 3.70. The second kappa shape index (κ2) is 11.0. The Morgan fingerprint density at radius 3 is 2.25 bits per heavy atom. The van der Waals surface area contributed by atoms with Crippen LogP contribution >= 0.6 is 15.9 Å². The average molecular weight is 601 g/mol. The van der Waals surface area contributed by atoms with E-state index in [-0.39, 0.29) is 24.5 Å². The van der Waals surface area contributed by atoms with Gasteiger partial charge in [-0.3, -0.25) is 14.4 Å². The molecule has 0 unspecified atom stereocenters. The van der Waals surface area contributed by atoms with Crippen LogP contribution in [0.4, 0.5) is 0 Å². The van der Waals surface area contributed by atoms with Crippen molar-refractivity contribution in [3.05, 3.63) is 98.8 Å². The van der Waals surface area contributed by atoms with Crippen molar-refractivity contribution in [1.82, 2.24) is 4.90 Å². The maximum atomic E-state index is 13.4. The summed E-state index contributed by atoms with van der Waals surface area (Å²) in [5.41, 5.74) is 5.05. The summed E-state index contributed by atoms with van der Waals surface area (Å²) in [4.78, 5) is 40.3. The molecule has 1 heterocycles. The number of benzene rings is 3. The highest BCUT2D eigenvalue weighted by Gasteiger charge is 2.43. The lowest BCUT2D eigenvalue weighted by atomic mass is 9.71. The van der Waals surface area contributed by atoms with E-state index >= 15 is 0 Å². The summed E-state index contributed by atoms with van der Waals surface area (Å²) in [5, 5.41) is 11.7. The van der Waals surface area contributed by atoms with Crippen LogP contribution in [0, 0.1) is 0 Å². The number of nitrogens with zero attached hydrogens (tertiary/aromatic N) is 1. The maximum Gasteiger partial charge on any atom is 0.305 e. The second-order valence-electron chi connectivity index (χ2n) is 10.6. The predicted octanol–water partition coefficient (Wildman–Crippen LogP) is 7.07. The van der Waals surface area contributed by atoms with E-state index in [1.54, 1.807) is 0 Å². The number of carboxylic acids is 1. The predicted molar refractivity (Wildman–Crippen MR) is 156 cm³/mol. The van der Waals surface area contributed by atoms with Gasteiger partial charge in [-0.15, -0.1) is 0 Å². The fourth-order valence-corrected chi connectivity index (χ4v) is 6.93. The Bertz CT molecular complexity index is 1550. The molecule has 0 saturated heterocycles. The number of rotatable bonds is 7. The zero-order chi connectivity index (χ0) is 27.8. The normalized spacial score (nSPS) is 17.8. The van der Waals surface area contributed by atoms with Crippen LogP contribution < -0.4 is 4.74 Å². The van der Waals surface area contributed by atoms with Crippen molar-refractivity contribution in [2.75, 3.05) is 6.54 Å². The average Bonchev–Trinajstić information content (AvgIpc) is 2.95. The van der Waals surface area contributed by atoms with Crippen LogP contribution in [0.3, 0.4) is 0 Å². The molecule has 0 bridgehead atoms. The van der Waals surface area contributed by atoms with Crippen LogP contribution in [0.1, 0.15) is 62.0 Å². The Labute approximate surface area is 241 Å². The van der Waals surface area contributed by atoms with E-state index in [0.29, 0.717) is 49.2 Å². The van der Waals surface area contributed by atoms with E-state index in [0.717, 1.165) is 50.6 Å². The second-order valence-corrected chi connectivity index (χ2v) is 11.5. The molecule has 2 aliphatic carbocycles. The van der Waals surface area contributed by atoms with E-state index in [9.17, 15) is 19.5 Å². The molecular formula is C33H30BrNO5. The molecule has 1 aliphatic heterocycles. The summed E-state index contributed by atoms with van der Waals surface area (Å²) in [6.45, 7) is 0.674. The first-order valence-electron chi connectivity index (χ1n) is 13.8. The highest BCUT2D eigenvalue weighted by Crippen LogP contribution is 2.49. The van der Waals surface area contributed by atoms with Crippen LogP contribution in [0.15, 0.2) is 87.7 Å². The third kappa shape index (κ3) is 4.87. The Kier molecular flexibility index (Phi) is 7.32. The van der Waals surface area contributed by atoms with Gasteiger partial charge in [-0.25, -0.2) is 0 Å². The topological polar surface area (TPSA) is 83.9 Å². The molecule has 40 heavy (non-hydrogen) atoms. The van der Waals surface area contributed by atoms with Crippen molar-refractivity contribution in [3.8, 4) is 5.75 Å². The van der Waals surface area contributed by atoms with Crippen LogP contribution in [0.5, 0.6) is 5.75 Å². The standard InChI is InChI=1S/C33H30BrNO5/c34-24-18-21(14-15-29(24)40-19-22-8-3-7-20-6-1-2-9-23(20)22)31-32-25(10-4-12-27(32)36)35(17-16-30(38)39)26-11-5-13-28(37)33(26)31/h1-3,6-9,14-15,18,31H,4-5,10-13,16-17,19H2,(H,38,39). The van der Waals surface area contributed by atoms with E-state index < -0.39 is 11.9 Å². The van der Waals surface area contributed by atoms with Crippen molar-refractivity contribution in [3.63, 3.8) is 0 Å². The minimum absolute atomic E-state index is 0.0453. The molecule has 0 saturated carbocycles. The van der Waals surface area contributed by atoms with Crippen LogP contribution in [-0.4, -0.2) is 34.1 Å². The van der Waals surface area contributed by atoms with Crippen LogP contribution in [0.2, 0.25) is 0 Å².